The molecule has 7 N–H and O–H groups in total. The molecule has 0 saturated heterocycles. The summed E-state index contributed by atoms with van der Waals surface area (Å²) in [6.45, 7) is 8.83. The second kappa shape index (κ2) is 22.2. The van der Waals surface area contributed by atoms with Crippen LogP contribution in [0.4, 0.5) is 0 Å². The van der Waals surface area contributed by atoms with Crippen LogP contribution in [0.15, 0.2) is 101 Å². The number of likely N-dealkylation sites (N-methyl/N-ethyl adjacent to an activating group) is 1. The molecule has 2 amide bonds. The summed E-state index contributed by atoms with van der Waals surface area (Å²) >= 11 is 1.30. The highest BCUT2D eigenvalue weighted by Crippen LogP contribution is 2.41. The van der Waals surface area contributed by atoms with E-state index in [9.17, 15) is 19.2 Å². The number of ketones is 2. The second-order valence-electron chi connectivity index (χ2n) is 16.4. The van der Waals surface area contributed by atoms with Crippen molar-refractivity contribution in [1.82, 2.24) is 10.2 Å². The number of Topliss-reactive ketones (excluding diaryl/α,β-unsaturated/α-hetero) is 2. The van der Waals surface area contributed by atoms with Crippen molar-refractivity contribution in [1.29, 1.82) is 0 Å². The second-order valence-corrected chi connectivity index (χ2v) is 17.3. The molecule has 332 valence electrons. The Morgan fingerprint density at radius 1 is 0.889 bits per heavy atom. The lowest BCUT2D eigenvalue weighted by Crippen LogP contribution is -2.46. The summed E-state index contributed by atoms with van der Waals surface area (Å²) in [7, 11) is 1.54. The van der Waals surface area contributed by atoms with Crippen molar-refractivity contribution >= 4 is 41.0 Å². The quantitative estimate of drug-likeness (QED) is 0.0633. The first-order chi connectivity index (χ1) is 30.4. The molecule has 0 unspecified atom stereocenters. The highest BCUT2D eigenvalue weighted by molar-refractivity contribution is 8.02. The Kier molecular flexibility index (Phi) is 16.5. The molecule has 2 aliphatic heterocycles. The predicted molar refractivity (Wildman–Crippen MR) is 252 cm³/mol. The number of benzene rings is 4. The average Bonchev–Trinajstić information content (AvgIpc) is 3.74. The number of hydrogen-bond acceptors (Lipinski definition) is 11. The van der Waals surface area contributed by atoms with Crippen molar-refractivity contribution in [3.63, 3.8) is 0 Å². The van der Waals surface area contributed by atoms with Crippen LogP contribution >= 0.6 is 11.9 Å². The lowest BCUT2D eigenvalue weighted by atomic mass is 9.88. The number of rotatable bonds is 17. The summed E-state index contributed by atoms with van der Waals surface area (Å²) in [4.78, 5) is 59.2. The fourth-order valence-corrected chi connectivity index (χ4v) is 8.71. The lowest BCUT2D eigenvalue weighted by Gasteiger charge is -2.32. The SMILES string of the molecule is C=C1CC([C@@H]2Cc3ccc(OCCN)c(c3)-c3cc(ccc3OCCN)[C@H](N(C)C(=O)[C@H](CN)CC(=O)c3ccc(-c4ccc(CCCC)cc4)cc3)C(=O)C[C@@H](C)C(=O)N2)=NS1. The zero-order valence-electron chi connectivity index (χ0n) is 36.6. The van der Waals surface area contributed by atoms with Crippen LogP contribution in [0, 0.1) is 11.8 Å². The maximum absolute atomic E-state index is 14.7. The van der Waals surface area contributed by atoms with Gasteiger partial charge >= 0.3 is 0 Å². The minimum atomic E-state index is -1.15. The molecule has 0 aliphatic carbocycles. The molecule has 0 fully saturated rings. The zero-order valence-corrected chi connectivity index (χ0v) is 37.4. The molecule has 2 heterocycles. The third-order valence-corrected chi connectivity index (χ3v) is 12.3. The number of carbonyl (C=O) groups is 4. The van der Waals surface area contributed by atoms with Crippen LogP contribution < -0.4 is 32.0 Å². The number of nitrogens with zero attached hydrogens (tertiary/aromatic N) is 2. The van der Waals surface area contributed by atoms with Crippen LogP contribution in [0.2, 0.25) is 0 Å². The van der Waals surface area contributed by atoms with E-state index in [-0.39, 0.29) is 63.2 Å². The number of fused-ring (bicyclic) bond motifs is 5. The fraction of sp³-hybridized carbons (Fsp3) is 0.380. The van der Waals surface area contributed by atoms with E-state index in [0.29, 0.717) is 46.6 Å². The lowest BCUT2D eigenvalue weighted by molar-refractivity contribution is -0.142. The molecule has 2 aliphatic rings. The van der Waals surface area contributed by atoms with Gasteiger partial charge in [-0.1, -0.05) is 87.5 Å². The van der Waals surface area contributed by atoms with Crippen LogP contribution in [0.5, 0.6) is 11.5 Å². The third-order valence-electron chi connectivity index (χ3n) is 11.6. The molecule has 12 nitrogen and oxygen atoms in total. The minimum absolute atomic E-state index is 0.126. The molecule has 0 radical (unpaired) electrons. The number of nitrogens with two attached hydrogens (primary N) is 3. The van der Waals surface area contributed by atoms with Crippen molar-refractivity contribution in [2.24, 2.45) is 33.4 Å². The zero-order chi connectivity index (χ0) is 45.0. The largest absolute Gasteiger partial charge is 0.492 e. The number of allylic oxidation sites excluding steroid dienone is 1. The monoisotopic (exact) mass is 872 g/mol. The van der Waals surface area contributed by atoms with Crippen molar-refractivity contribution in [3.8, 4) is 33.8 Å². The molecule has 4 aromatic carbocycles. The van der Waals surface area contributed by atoms with Gasteiger partial charge in [-0.3, -0.25) is 19.2 Å². The van der Waals surface area contributed by atoms with Gasteiger partial charge in [0.1, 0.15) is 30.8 Å². The highest BCUT2D eigenvalue weighted by Gasteiger charge is 2.36. The van der Waals surface area contributed by atoms with E-state index in [0.717, 1.165) is 46.6 Å². The van der Waals surface area contributed by atoms with E-state index in [1.165, 1.54) is 22.4 Å². The number of hydrogen-bond donors (Lipinski definition) is 4. The summed E-state index contributed by atoms with van der Waals surface area (Å²) in [5, 5.41) is 3.16. The normalized spacial score (nSPS) is 18.2. The molecular formula is C50H60N6O6S. The average molecular weight is 873 g/mol. The minimum Gasteiger partial charge on any atom is -0.492 e. The first kappa shape index (κ1) is 46.9. The van der Waals surface area contributed by atoms with Gasteiger partial charge in [0.25, 0.3) is 0 Å². The van der Waals surface area contributed by atoms with Crippen LogP contribution in [0.25, 0.3) is 22.3 Å². The van der Waals surface area contributed by atoms with Gasteiger partial charge in [-0.15, -0.1) is 0 Å². The van der Waals surface area contributed by atoms with Gasteiger partial charge in [-0.25, -0.2) is 4.40 Å². The van der Waals surface area contributed by atoms with Gasteiger partial charge in [0.15, 0.2) is 11.6 Å². The molecule has 13 heteroatoms. The maximum Gasteiger partial charge on any atom is 0.228 e. The first-order valence-electron chi connectivity index (χ1n) is 21.8. The number of carbonyl (C=O) groups excluding carboxylic acids is 4. The maximum atomic E-state index is 14.7. The molecule has 6 rings (SSSR count). The predicted octanol–water partition coefficient (Wildman–Crippen LogP) is 7.03. The van der Waals surface area contributed by atoms with Crippen molar-refractivity contribution in [2.45, 2.75) is 70.9 Å². The summed E-state index contributed by atoms with van der Waals surface area (Å²) in [6.07, 6.45) is 3.92. The van der Waals surface area contributed by atoms with Gasteiger partial charge in [0.05, 0.1) is 17.7 Å². The Morgan fingerprint density at radius 2 is 1.52 bits per heavy atom. The number of unbranched alkanes of at least 4 members (excludes halogenated alkanes) is 1. The summed E-state index contributed by atoms with van der Waals surface area (Å²) in [6, 6.07) is 25.3. The van der Waals surface area contributed by atoms with E-state index >= 15 is 0 Å². The summed E-state index contributed by atoms with van der Waals surface area (Å²) in [5.41, 5.74) is 25.2. The standard InChI is InChI=1S/C50H60N6O6S/c1-5-6-7-33-8-11-35(12-9-33)36-13-15-37(16-14-36)44(57)29-39(30-53)50(60)56(4)48-38-17-19-47(62-23-21-52)41(28-38)40-26-34(10-18-46(40)61-22-20-51)27-42(43-25-32(3)63-55-43)54-49(59)31(2)24-45(48)58/h8-19,26,28,31,39,42,48H,3,5-7,20-25,27,29-30,51-53H2,1-2,4H3,(H,54,59)/t31-,39+,42+,48+/m1/s1. The molecule has 4 atom stereocenters. The number of aryl methyl sites for hydroxylation is 1. The van der Waals surface area contributed by atoms with Crippen molar-refractivity contribution < 1.29 is 28.7 Å². The first-order valence-corrected chi connectivity index (χ1v) is 22.6. The summed E-state index contributed by atoms with van der Waals surface area (Å²) in [5.74, 6) is -2.06. The van der Waals surface area contributed by atoms with E-state index in [1.807, 2.05) is 36.4 Å². The van der Waals surface area contributed by atoms with Crippen LogP contribution in [0.1, 0.15) is 79.0 Å². The van der Waals surface area contributed by atoms with Crippen molar-refractivity contribution in [2.75, 3.05) is 39.9 Å². The molecule has 63 heavy (non-hydrogen) atoms. The Hall–Kier alpha value is -5.60. The molecular weight excluding hydrogens is 813 g/mol. The smallest absolute Gasteiger partial charge is 0.228 e. The Bertz CT molecular complexity index is 2310. The number of amides is 2. The Labute approximate surface area is 375 Å². The van der Waals surface area contributed by atoms with Gasteiger partial charge < -0.3 is 36.9 Å². The van der Waals surface area contributed by atoms with Gasteiger partial charge in [0.2, 0.25) is 11.8 Å². The molecule has 4 bridgehead atoms. The van der Waals surface area contributed by atoms with Gasteiger partial charge in [-0.2, -0.15) is 0 Å². The van der Waals surface area contributed by atoms with E-state index in [2.05, 4.69) is 47.5 Å². The number of ether oxygens (including phenoxy) is 2. The van der Waals surface area contributed by atoms with Crippen LogP contribution in [-0.4, -0.2) is 79.9 Å². The molecule has 4 aromatic rings. The van der Waals surface area contributed by atoms with Crippen molar-refractivity contribution in [3.05, 3.63) is 119 Å². The summed E-state index contributed by atoms with van der Waals surface area (Å²) < 4.78 is 17.0. The van der Waals surface area contributed by atoms with E-state index < -0.39 is 29.8 Å². The van der Waals surface area contributed by atoms with Gasteiger partial charge in [0, 0.05) is 85.4 Å². The highest BCUT2D eigenvalue weighted by atomic mass is 32.2. The molecule has 0 saturated carbocycles. The molecule has 0 spiro atoms. The fourth-order valence-electron chi connectivity index (χ4n) is 8.06. The molecule has 0 aromatic heterocycles. The third kappa shape index (κ3) is 11.7. The Morgan fingerprint density at radius 3 is 2.13 bits per heavy atom. The van der Waals surface area contributed by atoms with Crippen LogP contribution in [0.3, 0.4) is 0 Å². The van der Waals surface area contributed by atoms with E-state index in [4.69, 9.17) is 26.7 Å². The van der Waals surface area contributed by atoms with Gasteiger partial charge in [-0.05, 0) is 71.3 Å². The van der Waals surface area contributed by atoms with E-state index in [1.54, 1.807) is 38.2 Å². The number of nitrogens with one attached hydrogen (secondary N) is 1. The van der Waals surface area contributed by atoms with Crippen LogP contribution in [-0.2, 0) is 27.2 Å². The topological polar surface area (TPSA) is 192 Å². The Balaban J connectivity index is 1.34.